The molecule has 2 aromatic rings. The maximum atomic E-state index is 12.8. The van der Waals surface area contributed by atoms with Crippen molar-refractivity contribution in [2.45, 2.75) is 17.9 Å². The van der Waals surface area contributed by atoms with Crippen molar-refractivity contribution in [1.29, 1.82) is 0 Å². The minimum atomic E-state index is -3.58. The van der Waals surface area contributed by atoms with Gasteiger partial charge in [0.2, 0.25) is 10.0 Å². The molecule has 0 spiro atoms. The normalized spacial score (nSPS) is 17.3. The van der Waals surface area contributed by atoms with Crippen molar-refractivity contribution in [3.8, 4) is 0 Å². The molecule has 1 heterocycles. The van der Waals surface area contributed by atoms with E-state index in [1.807, 2.05) is 49.4 Å². The van der Waals surface area contributed by atoms with Gasteiger partial charge >= 0.3 is 0 Å². The lowest BCUT2D eigenvalue weighted by Crippen LogP contribution is -2.43. The Hall–Kier alpha value is -1.73. The van der Waals surface area contributed by atoms with Crippen LogP contribution in [0.2, 0.25) is 0 Å². The van der Waals surface area contributed by atoms with Crippen LogP contribution in [0.15, 0.2) is 59.5 Å². The van der Waals surface area contributed by atoms with Crippen LogP contribution in [0.1, 0.15) is 17.2 Å². The average molecular weight is 360 g/mol. The Kier molecular flexibility index (Phi) is 5.86. The van der Waals surface area contributed by atoms with E-state index in [1.54, 1.807) is 12.1 Å². The summed E-state index contributed by atoms with van der Waals surface area (Å²) >= 11 is 0. The van der Waals surface area contributed by atoms with Crippen LogP contribution in [0.25, 0.3) is 0 Å². The second-order valence-corrected chi connectivity index (χ2v) is 8.02. The number of hydrogen-bond acceptors (Lipinski definition) is 4. The van der Waals surface area contributed by atoms with Gasteiger partial charge in [-0.15, -0.1) is 0 Å². The number of ether oxygens (including phenoxy) is 1. The van der Waals surface area contributed by atoms with E-state index in [9.17, 15) is 8.42 Å². The number of nitrogens with one attached hydrogen (secondary N) is 1. The van der Waals surface area contributed by atoms with Crippen molar-refractivity contribution in [1.82, 2.24) is 9.62 Å². The van der Waals surface area contributed by atoms with Crippen LogP contribution in [0.5, 0.6) is 0 Å². The third kappa shape index (κ3) is 4.89. The number of benzene rings is 2. The molecule has 0 amide bonds. The number of aryl methyl sites for hydroxylation is 1. The molecule has 0 aliphatic carbocycles. The van der Waals surface area contributed by atoms with Gasteiger partial charge < -0.3 is 4.74 Å². The van der Waals surface area contributed by atoms with Crippen LogP contribution >= 0.6 is 0 Å². The van der Waals surface area contributed by atoms with Crippen LogP contribution in [0.3, 0.4) is 0 Å². The molecule has 0 radical (unpaired) electrons. The van der Waals surface area contributed by atoms with Crippen molar-refractivity contribution in [3.63, 3.8) is 0 Å². The van der Waals surface area contributed by atoms with E-state index >= 15 is 0 Å². The molecule has 2 aromatic carbocycles. The van der Waals surface area contributed by atoms with E-state index < -0.39 is 10.0 Å². The first kappa shape index (κ1) is 18.1. The lowest BCUT2D eigenvalue weighted by molar-refractivity contribution is 0.0345. The molecule has 6 heteroatoms. The van der Waals surface area contributed by atoms with Crippen LogP contribution in [-0.2, 0) is 14.8 Å². The highest BCUT2D eigenvalue weighted by atomic mass is 32.2. The van der Waals surface area contributed by atoms with Gasteiger partial charge in [-0.2, -0.15) is 0 Å². The second kappa shape index (κ2) is 8.10. The molecule has 1 unspecified atom stereocenters. The van der Waals surface area contributed by atoms with Gasteiger partial charge in [0.1, 0.15) is 0 Å². The van der Waals surface area contributed by atoms with E-state index in [4.69, 9.17) is 4.74 Å². The molecule has 25 heavy (non-hydrogen) atoms. The first-order chi connectivity index (χ1) is 12.0. The van der Waals surface area contributed by atoms with Gasteiger partial charge in [-0.1, -0.05) is 48.0 Å². The molecule has 3 rings (SSSR count). The quantitative estimate of drug-likeness (QED) is 0.859. The summed E-state index contributed by atoms with van der Waals surface area (Å²) in [6, 6.07) is 16.3. The highest BCUT2D eigenvalue weighted by molar-refractivity contribution is 7.89. The molecule has 0 saturated carbocycles. The minimum Gasteiger partial charge on any atom is -0.379 e. The predicted octanol–water partition coefficient (Wildman–Crippen LogP) is 2.35. The van der Waals surface area contributed by atoms with Gasteiger partial charge in [-0.3, -0.25) is 4.90 Å². The highest BCUT2D eigenvalue weighted by Crippen LogP contribution is 2.19. The summed E-state index contributed by atoms with van der Waals surface area (Å²) in [4.78, 5) is 2.53. The molecule has 1 saturated heterocycles. The maximum Gasteiger partial charge on any atom is 0.241 e. The predicted molar refractivity (Wildman–Crippen MR) is 97.9 cm³/mol. The van der Waals surface area contributed by atoms with Crippen molar-refractivity contribution < 1.29 is 13.2 Å². The summed E-state index contributed by atoms with van der Waals surface area (Å²) in [5.74, 6) is 0. The van der Waals surface area contributed by atoms with Gasteiger partial charge in [0.05, 0.1) is 24.2 Å². The van der Waals surface area contributed by atoms with E-state index in [0.29, 0.717) is 24.7 Å². The van der Waals surface area contributed by atoms with Crippen molar-refractivity contribution in [2.75, 3.05) is 32.8 Å². The Morgan fingerprint density at radius 3 is 2.32 bits per heavy atom. The topological polar surface area (TPSA) is 58.6 Å². The Labute approximate surface area is 149 Å². The molecule has 1 aliphatic heterocycles. The zero-order valence-electron chi connectivity index (χ0n) is 14.4. The fraction of sp³-hybridized carbons (Fsp3) is 0.368. The molecule has 0 aromatic heterocycles. The van der Waals surface area contributed by atoms with Crippen LogP contribution < -0.4 is 4.72 Å². The molecule has 134 valence electrons. The highest BCUT2D eigenvalue weighted by Gasteiger charge is 2.24. The Morgan fingerprint density at radius 1 is 1.04 bits per heavy atom. The number of hydrogen-bond donors (Lipinski definition) is 1. The van der Waals surface area contributed by atoms with E-state index in [1.165, 1.54) is 0 Å². The second-order valence-electron chi connectivity index (χ2n) is 6.31. The molecule has 0 bridgehead atoms. The molecular formula is C19H24N2O3S. The SMILES string of the molecule is Cc1ccc(S(=O)(=O)NC(CN2CCOCC2)c2ccccc2)cc1. The number of morpholine rings is 1. The summed E-state index contributed by atoms with van der Waals surface area (Å²) in [6.45, 7) is 5.57. The largest absolute Gasteiger partial charge is 0.379 e. The van der Waals surface area contributed by atoms with Crippen LogP contribution in [-0.4, -0.2) is 46.2 Å². The zero-order chi connectivity index (χ0) is 17.7. The zero-order valence-corrected chi connectivity index (χ0v) is 15.2. The van der Waals surface area contributed by atoms with Crippen molar-refractivity contribution in [2.24, 2.45) is 0 Å². The Balaban J connectivity index is 1.82. The van der Waals surface area contributed by atoms with Crippen molar-refractivity contribution >= 4 is 10.0 Å². The maximum absolute atomic E-state index is 12.8. The summed E-state index contributed by atoms with van der Waals surface area (Å²) in [5.41, 5.74) is 2.00. The summed E-state index contributed by atoms with van der Waals surface area (Å²) in [5, 5.41) is 0. The third-order valence-electron chi connectivity index (χ3n) is 4.38. The van der Waals surface area contributed by atoms with Crippen LogP contribution in [0.4, 0.5) is 0 Å². The first-order valence-corrected chi connectivity index (χ1v) is 9.97. The fourth-order valence-electron chi connectivity index (χ4n) is 2.91. The molecule has 5 nitrogen and oxygen atoms in total. The standard InChI is InChI=1S/C19H24N2O3S/c1-16-7-9-18(10-8-16)25(22,23)20-19(17-5-3-2-4-6-17)15-21-11-13-24-14-12-21/h2-10,19-20H,11-15H2,1H3. The average Bonchev–Trinajstić information content (AvgIpc) is 2.63. The third-order valence-corrected chi connectivity index (χ3v) is 5.86. The van der Waals surface area contributed by atoms with Gasteiger partial charge in [-0.05, 0) is 24.6 Å². The van der Waals surface area contributed by atoms with Gasteiger partial charge in [-0.25, -0.2) is 13.1 Å². The molecular weight excluding hydrogens is 336 g/mol. The van der Waals surface area contributed by atoms with E-state index in [2.05, 4.69) is 9.62 Å². The van der Waals surface area contributed by atoms with Gasteiger partial charge in [0.15, 0.2) is 0 Å². The number of sulfonamides is 1. The Morgan fingerprint density at radius 2 is 1.68 bits per heavy atom. The molecule has 1 N–H and O–H groups in total. The minimum absolute atomic E-state index is 0.293. The lowest BCUT2D eigenvalue weighted by Gasteiger charge is -2.31. The first-order valence-electron chi connectivity index (χ1n) is 8.49. The summed E-state index contributed by atoms with van der Waals surface area (Å²) < 4.78 is 33.9. The monoisotopic (exact) mass is 360 g/mol. The number of rotatable bonds is 6. The van der Waals surface area contributed by atoms with Gasteiger partial charge in [0.25, 0.3) is 0 Å². The van der Waals surface area contributed by atoms with E-state index in [0.717, 1.165) is 24.2 Å². The van der Waals surface area contributed by atoms with Gasteiger partial charge in [0, 0.05) is 19.6 Å². The lowest BCUT2D eigenvalue weighted by atomic mass is 10.1. The fourth-order valence-corrected chi connectivity index (χ4v) is 4.13. The smallest absolute Gasteiger partial charge is 0.241 e. The van der Waals surface area contributed by atoms with Crippen LogP contribution in [0, 0.1) is 6.92 Å². The summed E-state index contributed by atoms with van der Waals surface area (Å²) in [6.07, 6.45) is 0. The number of nitrogens with zero attached hydrogens (tertiary/aromatic N) is 1. The molecule has 1 fully saturated rings. The van der Waals surface area contributed by atoms with Crippen molar-refractivity contribution in [3.05, 3.63) is 65.7 Å². The molecule has 1 atom stereocenters. The van der Waals surface area contributed by atoms with E-state index in [-0.39, 0.29) is 6.04 Å². The molecule has 1 aliphatic rings. The summed E-state index contributed by atoms with van der Waals surface area (Å²) in [7, 11) is -3.58. The Bertz CT molecular complexity index is 770.